The first-order chi connectivity index (χ1) is 15.5. The third kappa shape index (κ3) is 4.54. The van der Waals surface area contributed by atoms with Gasteiger partial charge in [-0.25, -0.2) is 4.79 Å². The third-order valence-electron chi connectivity index (χ3n) is 4.99. The van der Waals surface area contributed by atoms with E-state index in [1.54, 1.807) is 48.7 Å². The van der Waals surface area contributed by atoms with Crippen molar-refractivity contribution < 1.29 is 19.1 Å². The molecule has 1 heterocycles. The smallest absolute Gasteiger partial charge is 0.339 e. The van der Waals surface area contributed by atoms with Gasteiger partial charge in [0.2, 0.25) is 0 Å². The van der Waals surface area contributed by atoms with Crippen LogP contribution in [-0.4, -0.2) is 29.3 Å². The molecule has 6 nitrogen and oxygen atoms in total. The minimum absolute atomic E-state index is 0.0834. The molecule has 0 bridgehead atoms. The molecule has 32 heavy (non-hydrogen) atoms. The quantitative estimate of drug-likeness (QED) is 0.354. The number of aromatic nitrogens is 1. The van der Waals surface area contributed by atoms with Crippen molar-refractivity contribution >= 4 is 34.3 Å². The van der Waals surface area contributed by atoms with Crippen molar-refractivity contribution in [2.24, 2.45) is 0 Å². The highest BCUT2D eigenvalue weighted by atomic mass is 16.5. The van der Waals surface area contributed by atoms with E-state index in [1.807, 2.05) is 31.2 Å². The number of carbonyl (C=O) groups is 3. The highest BCUT2D eigenvalue weighted by Crippen LogP contribution is 2.22. The molecule has 0 aliphatic heterocycles. The largest absolute Gasteiger partial charge is 0.454 e. The fourth-order valence-corrected chi connectivity index (χ4v) is 3.29. The van der Waals surface area contributed by atoms with Crippen LogP contribution in [0.3, 0.4) is 0 Å². The van der Waals surface area contributed by atoms with Gasteiger partial charge in [0.05, 0.1) is 22.3 Å². The Hall–Kier alpha value is -4.32. The number of esters is 1. The number of benzene rings is 3. The third-order valence-corrected chi connectivity index (χ3v) is 4.99. The molecule has 0 unspecified atom stereocenters. The molecule has 0 radical (unpaired) electrons. The number of amides is 1. The summed E-state index contributed by atoms with van der Waals surface area (Å²) in [5.41, 5.74) is 3.05. The minimum atomic E-state index is -0.740. The van der Waals surface area contributed by atoms with Crippen molar-refractivity contribution in [2.45, 2.75) is 6.92 Å². The molecule has 3 aromatic carbocycles. The van der Waals surface area contributed by atoms with Gasteiger partial charge in [0.15, 0.2) is 12.4 Å². The Balaban J connectivity index is 1.50. The van der Waals surface area contributed by atoms with E-state index in [-0.39, 0.29) is 16.9 Å². The Kier molecular flexibility index (Phi) is 6.03. The van der Waals surface area contributed by atoms with Crippen molar-refractivity contribution in [3.8, 4) is 0 Å². The molecular formula is C26H20N2O4. The topological polar surface area (TPSA) is 85.4 Å². The molecule has 1 aromatic heterocycles. The average molecular weight is 424 g/mol. The second-order valence-electron chi connectivity index (χ2n) is 7.24. The molecule has 0 saturated carbocycles. The van der Waals surface area contributed by atoms with Crippen molar-refractivity contribution in [3.05, 3.63) is 107 Å². The lowest BCUT2D eigenvalue weighted by Gasteiger charge is -2.11. The van der Waals surface area contributed by atoms with Crippen LogP contribution in [0.15, 0.2) is 85.1 Å². The van der Waals surface area contributed by atoms with E-state index in [9.17, 15) is 14.4 Å². The standard InChI is InChI=1S/C26H20N2O4/c1-17-11-13-18(14-12-17)24(29)16-32-26(31)20-7-3-2-6-19(20)25(30)28-23-10-4-9-22-21(23)8-5-15-27-22/h2-15H,16H2,1H3,(H,28,30). The number of ether oxygens (including phenoxy) is 1. The zero-order chi connectivity index (χ0) is 22.5. The van der Waals surface area contributed by atoms with Crippen LogP contribution in [0, 0.1) is 6.92 Å². The van der Waals surface area contributed by atoms with Gasteiger partial charge < -0.3 is 10.1 Å². The zero-order valence-corrected chi connectivity index (χ0v) is 17.4. The van der Waals surface area contributed by atoms with Gasteiger partial charge in [-0.2, -0.15) is 0 Å². The second-order valence-corrected chi connectivity index (χ2v) is 7.24. The highest BCUT2D eigenvalue weighted by Gasteiger charge is 2.20. The predicted octanol–water partition coefficient (Wildman–Crippen LogP) is 4.84. The number of ketones is 1. The summed E-state index contributed by atoms with van der Waals surface area (Å²) in [6.45, 7) is 1.51. The maximum atomic E-state index is 13.0. The number of rotatable bonds is 6. The van der Waals surface area contributed by atoms with Gasteiger partial charge in [-0.3, -0.25) is 14.6 Å². The van der Waals surface area contributed by atoms with Crippen LogP contribution in [-0.2, 0) is 4.74 Å². The molecule has 4 rings (SSSR count). The van der Waals surface area contributed by atoms with E-state index in [2.05, 4.69) is 10.3 Å². The highest BCUT2D eigenvalue weighted by molar-refractivity contribution is 6.13. The Morgan fingerprint density at radius 1 is 0.844 bits per heavy atom. The molecule has 0 fully saturated rings. The predicted molar refractivity (Wildman–Crippen MR) is 122 cm³/mol. The lowest BCUT2D eigenvalue weighted by atomic mass is 10.1. The van der Waals surface area contributed by atoms with E-state index >= 15 is 0 Å². The molecule has 1 N–H and O–H groups in total. The number of Topliss-reactive ketones (excluding diaryl/α,β-unsaturated/α-hetero) is 1. The molecule has 158 valence electrons. The van der Waals surface area contributed by atoms with Gasteiger partial charge in [-0.05, 0) is 43.3 Å². The molecule has 0 aliphatic rings. The Bertz CT molecular complexity index is 1310. The van der Waals surface area contributed by atoms with Crippen molar-refractivity contribution in [1.82, 2.24) is 4.98 Å². The summed E-state index contributed by atoms with van der Waals surface area (Å²) in [7, 11) is 0. The normalized spacial score (nSPS) is 10.5. The van der Waals surface area contributed by atoms with Gasteiger partial charge in [0.25, 0.3) is 5.91 Å². The van der Waals surface area contributed by atoms with Gasteiger partial charge >= 0.3 is 5.97 Å². The number of nitrogens with one attached hydrogen (secondary N) is 1. The number of aryl methyl sites for hydroxylation is 1. The number of pyridine rings is 1. The first-order valence-corrected chi connectivity index (χ1v) is 10.0. The van der Waals surface area contributed by atoms with Crippen molar-refractivity contribution in [2.75, 3.05) is 11.9 Å². The van der Waals surface area contributed by atoms with Crippen LogP contribution in [0.25, 0.3) is 10.9 Å². The average Bonchev–Trinajstić information content (AvgIpc) is 2.83. The molecular weight excluding hydrogens is 404 g/mol. The van der Waals surface area contributed by atoms with Gasteiger partial charge in [0.1, 0.15) is 0 Å². The second kappa shape index (κ2) is 9.22. The molecule has 1 amide bonds. The lowest BCUT2D eigenvalue weighted by Crippen LogP contribution is -2.20. The van der Waals surface area contributed by atoms with Gasteiger partial charge in [0, 0.05) is 17.1 Å². The molecule has 0 saturated heterocycles. The maximum absolute atomic E-state index is 13.0. The number of hydrogen-bond donors (Lipinski definition) is 1. The van der Waals surface area contributed by atoms with E-state index in [1.165, 1.54) is 12.1 Å². The summed E-state index contributed by atoms with van der Waals surface area (Å²) in [5.74, 6) is -1.52. The Morgan fingerprint density at radius 3 is 2.38 bits per heavy atom. The van der Waals surface area contributed by atoms with Gasteiger partial charge in [-0.15, -0.1) is 0 Å². The minimum Gasteiger partial charge on any atom is -0.454 e. The monoisotopic (exact) mass is 424 g/mol. The number of carbonyl (C=O) groups excluding carboxylic acids is 3. The Labute approximate surface area is 184 Å². The summed E-state index contributed by atoms with van der Waals surface area (Å²) in [6, 6.07) is 22.4. The van der Waals surface area contributed by atoms with Crippen LogP contribution in [0.1, 0.15) is 36.6 Å². The van der Waals surface area contributed by atoms with E-state index in [0.717, 1.165) is 16.5 Å². The first-order valence-electron chi connectivity index (χ1n) is 10.0. The van der Waals surface area contributed by atoms with E-state index in [4.69, 9.17) is 4.74 Å². The maximum Gasteiger partial charge on any atom is 0.339 e. The summed E-state index contributed by atoms with van der Waals surface area (Å²) < 4.78 is 5.21. The summed E-state index contributed by atoms with van der Waals surface area (Å²) in [4.78, 5) is 42.2. The lowest BCUT2D eigenvalue weighted by molar-refractivity contribution is 0.0473. The molecule has 6 heteroatoms. The van der Waals surface area contributed by atoms with Gasteiger partial charge in [-0.1, -0.05) is 48.0 Å². The summed E-state index contributed by atoms with van der Waals surface area (Å²) in [6.07, 6.45) is 1.68. The van der Waals surface area contributed by atoms with Crippen LogP contribution in [0.5, 0.6) is 0 Å². The first kappa shape index (κ1) is 20.9. The summed E-state index contributed by atoms with van der Waals surface area (Å²) in [5, 5.41) is 3.62. The van der Waals surface area contributed by atoms with Crippen LogP contribution in [0.2, 0.25) is 0 Å². The SMILES string of the molecule is Cc1ccc(C(=O)COC(=O)c2ccccc2C(=O)Nc2cccc3ncccc23)cc1. The molecule has 0 spiro atoms. The molecule has 0 aliphatic carbocycles. The number of nitrogens with zero attached hydrogens (tertiary/aromatic N) is 1. The van der Waals surface area contributed by atoms with E-state index in [0.29, 0.717) is 11.3 Å². The van der Waals surface area contributed by atoms with Crippen LogP contribution in [0.4, 0.5) is 5.69 Å². The molecule has 4 aromatic rings. The summed E-state index contributed by atoms with van der Waals surface area (Å²) >= 11 is 0. The fourth-order valence-electron chi connectivity index (χ4n) is 3.29. The van der Waals surface area contributed by atoms with Crippen molar-refractivity contribution in [3.63, 3.8) is 0 Å². The number of fused-ring (bicyclic) bond motifs is 1. The number of anilines is 1. The Morgan fingerprint density at radius 2 is 1.59 bits per heavy atom. The zero-order valence-electron chi connectivity index (χ0n) is 17.4. The van der Waals surface area contributed by atoms with Crippen molar-refractivity contribution in [1.29, 1.82) is 0 Å². The van der Waals surface area contributed by atoms with Crippen LogP contribution >= 0.6 is 0 Å². The van der Waals surface area contributed by atoms with E-state index < -0.39 is 18.5 Å². The van der Waals surface area contributed by atoms with Crippen LogP contribution < -0.4 is 5.32 Å². The fraction of sp³-hybridized carbons (Fsp3) is 0.0769. The molecule has 0 atom stereocenters. The number of hydrogen-bond acceptors (Lipinski definition) is 5.